The number of rotatable bonds is 3. The highest BCUT2D eigenvalue weighted by Gasteiger charge is 2.18. The van der Waals surface area contributed by atoms with Gasteiger partial charge in [-0.15, -0.1) is 0 Å². The fourth-order valence-electron chi connectivity index (χ4n) is 1.85. The molecule has 0 bridgehead atoms. The van der Waals surface area contributed by atoms with Crippen molar-refractivity contribution in [2.75, 3.05) is 7.11 Å². The van der Waals surface area contributed by atoms with E-state index in [1.807, 2.05) is 19.2 Å². The number of carbonyl (C=O) groups is 2. The number of carbonyl (C=O) groups excluding carboxylic acids is 2. The van der Waals surface area contributed by atoms with Crippen molar-refractivity contribution in [1.82, 2.24) is 9.38 Å². The van der Waals surface area contributed by atoms with E-state index in [9.17, 15) is 9.59 Å². The second-order valence-corrected chi connectivity index (χ2v) is 4.21. The molecule has 5 heteroatoms. The second-order valence-electron chi connectivity index (χ2n) is 4.21. The molecule has 0 aliphatic heterocycles. The summed E-state index contributed by atoms with van der Waals surface area (Å²) in [7, 11) is 1.31. The molecule has 0 aliphatic carbocycles. The van der Waals surface area contributed by atoms with Crippen molar-refractivity contribution in [2.24, 2.45) is 0 Å². The number of esters is 1. The standard InChI is InChI=1S/C13H14N2O3/c1-8-4-5-10-12(13(17)18-3)14-11(6-9(2)16)15(10)7-8/h4-5,7H,6H2,1-3H3. The molecule has 5 nitrogen and oxygen atoms in total. The minimum Gasteiger partial charge on any atom is -0.464 e. The number of aromatic nitrogens is 2. The van der Waals surface area contributed by atoms with Gasteiger partial charge in [0.15, 0.2) is 5.69 Å². The van der Waals surface area contributed by atoms with Crippen LogP contribution >= 0.6 is 0 Å². The summed E-state index contributed by atoms with van der Waals surface area (Å²) in [4.78, 5) is 27.1. The van der Waals surface area contributed by atoms with E-state index in [0.717, 1.165) is 5.56 Å². The number of ketones is 1. The third kappa shape index (κ3) is 2.11. The summed E-state index contributed by atoms with van der Waals surface area (Å²) in [6.45, 7) is 3.43. The van der Waals surface area contributed by atoms with Gasteiger partial charge in [0.05, 0.1) is 19.0 Å². The first kappa shape index (κ1) is 12.3. The van der Waals surface area contributed by atoms with Crippen molar-refractivity contribution in [2.45, 2.75) is 20.3 Å². The zero-order valence-electron chi connectivity index (χ0n) is 10.6. The maximum atomic E-state index is 11.6. The number of imidazole rings is 1. The Labute approximate surface area is 104 Å². The first-order valence-corrected chi connectivity index (χ1v) is 5.58. The highest BCUT2D eigenvalue weighted by Crippen LogP contribution is 2.16. The number of hydrogen-bond acceptors (Lipinski definition) is 4. The quantitative estimate of drug-likeness (QED) is 0.771. The molecule has 0 spiro atoms. The summed E-state index contributed by atoms with van der Waals surface area (Å²) in [5, 5.41) is 0. The van der Waals surface area contributed by atoms with Crippen LogP contribution in [0.3, 0.4) is 0 Å². The molecular formula is C13H14N2O3. The Bertz CT molecular complexity index is 628. The van der Waals surface area contributed by atoms with E-state index in [1.165, 1.54) is 14.0 Å². The first-order valence-electron chi connectivity index (χ1n) is 5.58. The Hall–Kier alpha value is -2.17. The van der Waals surface area contributed by atoms with Gasteiger partial charge in [0.2, 0.25) is 0 Å². The molecule has 0 radical (unpaired) electrons. The molecule has 2 rings (SSSR count). The van der Waals surface area contributed by atoms with E-state index in [0.29, 0.717) is 11.3 Å². The van der Waals surface area contributed by atoms with E-state index in [4.69, 9.17) is 4.74 Å². The minimum atomic E-state index is -0.494. The fraction of sp³-hybridized carbons (Fsp3) is 0.308. The van der Waals surface area contributed by atoms with Crippen LogP contribution < -0.4 is 0 Å². The van der Waals surface area contributed by atoms with E-state index in [2.05, 4.69) is 4.98 Å². The van der Waals surface area contributed by atoms with Gasteiger partial charge < -0.3 is 9.14 Å². The maximum Gasteiger partial charge on any atom is 0.358 e. The van der Waals surface area contributed by atoms with Gasteiger partial charge >= 0.3 is 5.97 Å². The van der Waals surface area contributed by atoms with Crippen molar-refractivity contribution in [3.8, 4) is 0 Å². The zero-order chi connectivity index (χ0) is 13.3. The molecule has 18 heavy (non-hydrogen) atoms. The van der Waals surface area contributed by atoms with Crippen molar-refractivity contribution < 1.29 is 14.3 Å². The lowest BCUT2D eigenvalue weighted by molar-refractivity contribution is -0.116. The average Bonchev–Trinajstić information content (AvgIpc) is 2.66. The molecule has 2 aromatic rings. The molecule has 0 aliphatic rings. The van der Waals surface area contributed by atoms with Crippen LogP contribution in [-0.2, 0) is 16.0 Å². The van der Waals surface area contributed by atoms with Crippen LogP contribution in [-0.4, -0.2) is 28.2 Å². The molecular weight excluding hydrogens is 232 g/mol. The van der Waals surface area contributed by atoms with Gasteiger partial charge in [-0.25, -0.2) is 9.78 Å². The summed E-state index contributed by atoms with van der Waals surface area (Å²) in [5.41, 5.74) is 1.93. The van der Waals surface area contributed by atoms with E-state index in [1.54, 1.807) is 10.5 Å². The number of fused-ring (bicyclic) bond motifs is 1. The van der Waals surface area contributed by atoms with Crippen LogP contribution in [0.4, 0.5) is 0 Å². The Morgan fingerprint density at radius 3 is 2.72 bits per heavy atom. The normalized spacial score (nSPS) is 10.6. The van der Waals surface area contributed by atoms with Gasteiger partial charge in [0, 0.05) is 6.20 Å². The fourth-order valence-corrected chi connectivity index (χ4v) is 1.85. The molecule has 0 atom stereocenters. The Balaban J connectivity index is 2.66. The van der Waals surface area contributed by atoms with Crippen LogP contribution in [0.5, 0.6) is 0 Å². The first-order chi connectivity index (χ1) is 8.52. The van der Waals surface area contributed by atoms with Crippen LogP contribution in [0.2, 0.25) is 0 Å². The SMILES string of the molecule is COC(=O)c1nc(CC(C)=O)n2cc(C)ccc12. The molecule has 0 N–H and O–H groups in total. The predicted molar refractivity (Wildman–Crippen MR) is 65.7 cm³/mol. The lowest BCUT2D eigenvalue weighted by Crippen LogP contribution is -2.03. The summed E-state index contributed by atoms with van der Waals surface area (Å²) in [6, 6.07) is 3.69. The number of hydrogen-bond donors (Lipinski definition) is 0. The molecule has 0 saturated carbocycles. The minimum absolute atomic E-state index is 0.000165. The number of ether oxygens (including phenoxy) is 1. The Morgan fingerprint density at radius 1 is 1.39 bits per heavy atom. The summed E-state index contributed by atoms with van der Waals surface area (Å²) in [6.07, 6.45) is 2.05. The number of nitrogens with zero attached hydrogens (tertiary/aromatic N) is 2. The predicted octanol–water partition coefficient (Wildman–Crippen LogP) is 1.56. The largest absolute Gasteiger partial charge is 0.464 e. The van der Waals surface area contributed by atoms with Gasteiger partial charge in [0.25, 0.3) is 0 Å². The zero-order valence-corrected chi connectivity index (χ0v) is 10.6. The lowest BCUT2D eigenvalue weighted by Gasteiger charge is -2.00. The van der Waals surface area contributed by atoms with Crippen LogP contribution in [0.25, 0.3) is 5.52 Å². The van der Waals surface area contributed by atoms with Gasteiger partial charge in [-0.2, -0.15) is 0 Å². The number of methoxy groups -OCH3 is 1. The molecule has 2 heterocycles. The maximum absolute atomic E-state index is 11.6. The third-order valence-electron chi connectivity index (χ3n) is 2.64. The molecule has 94 valence electrons. The van der Waals surface area contributed by atoms with Gasteiger partial charge in [-0.3, -0.25) is 4.79 Å². The molecule has 0 saturated heterocycles. The monoisotopic (exact) mass is 246 g/mol. The molecule has 0 aromatic carbocycles. The van der Waals surface area contributed by atoms with Crippen molar-refractivity contribution in [3.63, 3.8) is 0 Å². The van der Waals surface area contributed by atoms with Gasteiger partial charge in [-0.05, 0) is 25.5 Å². The van der Waals surface area contributed by atoms with Crippen LogP contribution in [0.1, 0.15) is 28.8 Å². The van der Waals surface area contributed by atoms with Gasteiger partial charge in [-0.1, -0.05) is 6.07 Å². The lowest BCUT2D eigenvalue weighted by atomic mass is 10.2. The van der Waals surface area contributed by atoms with E-state index < -0.39 is 5.97 Å². The van der Waals surface area contributed by atoms with Crippen molar-refractivity contribution >= 4 is 17.3 Å². The number of aryl methyl sites for hydroxylation is 1. The van der Waals surface area contributed by atoms with E-state index >= 15 is 0 Å². The summed E-state index contributed by atoms with van der Waals surface area (Å²) in [5.74, 6) is 0.0626. The molecule has 2 aromatic heterocycles. The van der Waals surface area contributed by atoms with Gasteiger partial charge in [0.1, 0.15) is 11.6 Å². The number of pyridine rings is 1. The molecule has 0 fully saturated rings. The summed E-state index contributed by atoms with van der Waals surface area (Å²) >= 11 is 0. The highest BCUT2D eigenvalue weighted by atomic mass is 16.5. The Morgan fingerprint density at radius 2 is 2.11 bits per heavy atom. The topological polar surface area (TPSA) is 60.7 Å². The molecule has 0 unspecified atom stereocenters. The van der Waals surface area contributed by atoms with Crippen LogP contribution in [0.15, 0.2) is 18.3 Å². The average molecular weight is 246 g/mol. The van der Waals surface area contributed by atoms with Crippen molar-refractivity contribution in [3.05, 3.63) is 35.4 Å². The van der Waals surface area contributed by atoms with E-state index in [-0.39, 0.29) is 17.9 Å². The second kappa shape index (κ2) is 4.60. The van der Waals surface area contributed by atoms with Crippen LogP contribution in [0, 0.1) is 6.92 Å². The van der Waals surface area contributed by atoms with Crippen molar-refractivity contribution in [1.29, 1.82) is 0 Å². The summed E-state index contributed by atoms with van der Waals surface area (Å²) < 4.78 is 6.46. The number of Topliss-reactive ketones (excluding diaryl/α,β-unsaturated/α-hetero) is 1. The molecule has 0 amide bonds. The Kier molecular flexibility index (Phi) is 3.14. The third-order valence-corrected chi connectivity index (χ3v) is 2.64. The smallest absolute Gasteiger partial charge is 0.358 e. The highest BCUT2D eigenvalue weighted by molar-refractivity contribution is 5.95.